The molecule has 2 heterocycles. The number of anilines is 1. The average Bonchev–Trinajstić information content (AvgIpc) is 2.82. The Labute approximate surface area is 141 Å². The molecule has 3 N–H and O–H groups in total. The predicted octanol–water partition coefficient (Wildman–Crippen LogP) is 3.84. The minimum Gasteiger partial charge on any atom is -0.475 e. The van der Waals surface area contributed by atoms with E-state index in [1.165, 1.54) is 0 Å². The maximum absolute atomic E-state index is 5.83. The van der Waals surface area contributed by atoms with E-state index in [0.717, 1.165) is 22.2 Å². The smallest absolute Gasteiger partial charge is 0.213 e. The second-order valence-electron chi connectivity index (χ2n) is 4.93. The van der Waals surface area contributed by atoms with Gasteiger partial charge in [-0.1, -0.05) is 0 Å². The molecule has 0 aliphatic carbocycles. The summed E-state index contributed by atoms with van der Waals surface area (Å²) in [4.78, 5) is 4.30. The van der Waals surface area contributed by atoms with Crippen molar-refractivity contribution in [3.8, 4) is 17.1 Å². The van der Waals surface area contributed by atoms with Crippen molar-refractivity contribution in [2.45, 2.75) is 20.0 Å². The van der Waals surface area contributed by atoms with Gasteiger partial charge in [0.2, 0.25) is 5.88 Å². The summed E-state index contributed by atoms with van der Waals surface area (Å²) in [7, 11) is 0. The molecule has 0 amide bonds. The van der Waals surface area contributed by atoms with Crippen LogP contribution < -0.4 is 10.5 Å². The lowest BCUT2D eigenvalue weighted by Gasteiger charge is -2.08. The fourth-order valence-corrected chi connectivity index (χ4v) is 2.08. The van der Waals surface area contributed by atoms with Crippen LogP contribution >= 0.6 is 24.8 Å². The Kier molecular flexibility index (Phi) is 6.02. The normalized spacial score (nSPS) is 10.1. The number of nitrogens with zero attached hydrogens (tertiary/aromatic N) is 2. The second-order valence-corrected chi connectivity index (χ2v) is 4.93. The second kappa shape index (κ2) is 7.33. The van der Waals surface area contributed by atoms with Crippen molar-refractivity contribution in [1.82, 2.24) is 15.2 Å². The molecule has 0 fully saturated rings. The van der Waals surface area contributed by atoms with Crippen molar-refractivity contribution >= 4 is 41.4 Å². The van der Waals surface area contributed by atoms with Crippen molar-refractivity contribution in [1.29, 1.82) is 0 Å². The topological polar surface area (TPSA) is 76.8 Å². The zero-order valence-electron chi connectivity index (χ0n) is 12.2. The molecule has 2 aromatic heterocycles. The number of benzene rings is 1. The largest absolute Gasteiger partial charge is 0.475 e. The molecule has 0 bridgehead atoms. The van der Waals surface area contributed by atoms with Gasteiger partial charge < -0.3 is 10.5 Å². The van der Waals surface area contributed by atoms with Crippen molar-refractivity contribution in [2.24, 2.45) is 0 Å². The Morgan fingerprint density at radius 3 is 2.55 bits per heavy atom. The molecule has 0 saturated heterocycles. The summed E-state index contributed by atoms with van der Waals surface area (Å²) >= 11 is 0. The number of aromatic nitrogens is 3. The Balaban J connectivity index is 0.00000121. The molecule has 0 radical (unpaired) electrons. The fourth-order valence-electron chi connectivity index (χ4n) is 2.08. The van der Waals surface area contributed by atoms with E-state index in [1.807, 2.05) is 44.2 Å². The third-order valence-electron chi connectivity index (χ3n) is 2.95. The van der Waals surface area contributed by atoms with Gasteiger partial charge >= 0.3 is 0 Å². The summed E-state index contributed by atoms with van der Waals surface area (Å²) in [5.74, 6) is 0.614. The first kappa shape index (κ1) is 18.1. The number of pyridine rings is 1. The van der Waals surface area contributed by atoms with E-state index in [1.54, 1.807) is 6.20 Å². The molecule has 0 aliphatic heterocycles. The van der Waals surface area contributed by atoms with Crippen LogP contribution in [-0.2, 0) is 0 Å². The summed E-state index contributed by atoms with van der Waals surface area (Å²) in [6, 6.07) is 9.48. The van der Waals surface area contributed by atoms with E-state index in [2.05, 4.69) is 15.2 Å². The number of nitrogens with one attached hydrogen (secondary N) is 1. The van der Waals surface area contributed by atoms with Gasteiger partial charge in [0.05, 0.1) is 11.6 Å². The number of aromatic amines is 1. The molecule has 118 valence electrons. The standard InChI is InChI=1S/C15H16N4O.2ClH/c1-9(2)20-14-6-3-10(8-17-14)15-12-7-11(16)4-5-13(12)18-19-15;;/h3-9H,16H2,1-2H3,(H,18,19);2*1H. The maximum atomic E-state index is 5.83. The quantitative estimate of drug-likeness (QED) is 0.710. The third-order valence-corrected chi connectivity index (χ3v) is 2.95. The lowest BCUT2D eigenvalue weighted by atomic mass is 10.1. The van der Waals surface area contributed by atoms with Gasteiger partial charge in [0.1, 0.15) is 5.69 Å². The number of fused-ring (bicyclic) bond motifs is 1. The molecular weight excluding hydrogens is 323 g/mol. The number of hydrogen-bond acceptors (Lipinski definition) is 4. The van der Waals surface area contributed by atoms with Gasteiger partial charge in [0.15, 0.2) is 0 Å². The minimum atomic E-state index is 0. The molecule has 0 aliphatic rings. The zero-order valence-corrected chi connectivity index (χ0v) is 13.9. The van der Waals surface area contributed by atoms with Crippen LogP contribution in [0.25, 0.3) is 22.2 Å². The highest BCUT2D eigenvalue weighted by Crippen LogP contribution is 2.28. The number of nitrogen functional groups attached to an aromatic ring is 1. The first-order chi connectivity index (χ1) is 9.63. The molecule has 22 heavy (non-hydrogen) atoms. The lowest BCUT2D eigenvalue weighted by Crippen LogP contribution is -2.06. The van der Waals surface area contributed by atoms with Crippen LogP contribution in [0.5, 0.6) is 5.88 Å². The van der Waals surface area contributed by atoms with Gasteiger partial charge in [-0.15, -0.1) is 24.8 Å². The van der Waals surface area contributed by atoms with Crippen LogP contribution in [0.1, 0.15) is 13.8 Å². The fraction of sp³-hybridized carbons (Fsp3) is 0.200. The summed E-state index contributed by atoms with van der Waals surface area (Å²) in [5.41, 5.74) is 9.27. The van der Waals surface area contributed by atoms with Crippen LogP contribution in [0, 0.1) is 0 Å². The summed E-state index contributed by atoms with van der Waals surface area (Å²) in [5, 5.41) is 8.32. The molecule has 0 atom stereocenters. The van der Waals surface area contributed by atoms with Gasteiger partial charge in [-0.05, 0) is 38.1 Å². The van der Waals surface area contributed by atoms with Gasteiger partial charge in [0.25, 0.3) is 0 Å². The molecule has 0 unspecified atom stereocenters. The predicted molar refractivity (Wildman–Crippen MR) is 94.0 cm³/mol. The van der Waals surface area contributed by atoms with Gasteiger partial charge in [0, 0.05) is 28.9 Å². The highest BCUT2D eigenvalue weighted by Gasteiger charge is 2.09. The zero-order chi connectivity index (χ0) is 14.1. The van der Waals surface area contributed by atoms with Gasteiger partial charge in [-0.25, -0.2) is 4.98 Å². The Morgan fingerprint density at radius 1 is 1.14 bits per heavy atom. The Hall–Kier alpha value is -1.98. The number of rotatable bonds is 3. The first-order valence-corrected chi connectivity index (χ1v) is 6.50. The molecule has 7 heteroatoms. The molecule has 1 aromatic carbocycles. The Morgan fingerprint density at radius 2 is 1.91 bits per heavy atom. The summed E-state index contributed by atoms with van der Waals surface area (Å²) in [6.07, 6.45) is 1.87. The summed E-state index contributed by atoms with van der Waals surface area (Å²) in [6.45, 7) is 3.94. The van der Waals surface area contributed by atoms with Crippen LogP contribution in [0.3, 0.4) is 0 Å². The first-order valence-electron chi connectivity index (χ1n) is 6.50. The number of ether oxygens (including phenoxy) is 1. The number of halogens is 2. The van der Waals surface area contributed by atoms with E-state index in [0.29, 0.717) is 11.6 Å². The minimum absolute atomic E-state index is 0. The summed E-state index contributed by atoms with van der Waals surface area (Å²) < 4.78 is 5.53. The number of hydrogen-bond donors (Lipinski definition) is 2. The van der Waals surface area contributed by atoms with Crippen LogP contribution in [0.2, 0.25) is 0 Å². The van der Waals surface area contributed by atoms with Crippen molar-refractivity contribution in [3.05, 3.63) is 36.5 Å². The van der Waals surface area contributed by atoms with Crippen molar-refractivity contribution in [3.63, 3.8) is 0 Å². The van der Waals surface area contributed by atoms with Crippen LogP contribution in [0.15, 0.2) is 36.5 Å². The highest BCUT2D eigenvalue weighted by molar-refractivity contribution is 5.94. The molecule has 3 aromatic rings. The van der Waals surface area contributed by atoms with Crippen molar-refractivity contribution in [2.75, 3.05) is 5.73 Å². The molecule has 0 saturated carbocycles. The van der Waals surface area contributed by atoms with E-state index in [-0.39, 0.29) is 30.9 Å². The molecule has 0 spiro atoms. The molecular formula is C15H18Cl2N4O. The van der Waals surface area contributed by atoms with E-state index < -0.39 is 0 Å². The van der Waals surface area contributed by atoms with E-state index >= 15 is 0 Å². The lowest BCUT2D eigenvalue weighted by molar-refractivity contribution is 0.232. The molecule has 5 nitrogen and oxygen atoms in total. The average molecular weight is 341 g/mol. The highest BCUT2D eigenvalue weighted by atomic mass is 35.5. The monoisotopic (exact) mass is 340 g/mol. The van der Waals surface area contributed by atoms with Crippen LogP contribution in [0.4, 0.5) is 5.69 Å². The Bertz CT molecular complexity index is 741. The number of nitrogens with two attached hydrogens (primary N) is 1. The SMILES string of the molecule is CC(C)Oc1ccc(-c2n[nH]c3ccc(N)cc23)cn1.Cl.Cl. The van der Waals surface area contributed by atoms with E-state index in [9.17, 15) is 0 Å². The van der Waals surface area contributed by atoms with E-state index in [4.69, 9.17) is 10.5 Å². The van der Waals surface area contributed by atoms with Crippen LogP contribution in [-0.4, -0.2) is 21.3 Å². The number of H-pyrrole nitrogens is 1. The molecule has 3 rings (SSSR count). The van der Waals surface area contributed by atoms with Gasteiger partial charge in [-0.3, -0.25) is 5.10 Å². The third kappa shape index (κ3) is 3.61. The van der Waals surface area contributed by atoms with Gasteiger partial charge in [-0.2, -0.15) is 5.10 Å². The van der Waals surface area contributed by atoms with Crippen molar-refractivity contribution < 1.29 is 4.74 Å². The maximum Gasteiger partial charge on any atom is 0.213 e.